The Kier molecular flexibility index (Phi) is 2.50. The van der Waals surface area contributed by atoms with Crippen molar-refractivity contribution in [3.63, 3.8) is 0 Å². The smallest absolute Gasteiger partial charge is 0.373 e. The van der Waals surface area contributed by atoms with Crippen LogP contribution in [0.4, 0.5) is 0 Å². The van der Waals surface area contributed by atoms with Crippen molar-refractivity contribution in [2.45, 2.75) is 44.9 Å². The predicted molar refractivity (Wildman–Crippen MR) is 54.1 cm³/mol. The largest absolute Gasteiger partial charge is 0.475 e. The first-order chi connectivity index (χ1) is 7.13. The second-order valence-corrected chi connectivity index (χ2v) is 4.16. The molecule has 1 aromatic heterocycles. The number of carbonyl (C=O) groups is 1. The van der Waals surface area contributed by atoms with E-state index in [9.17, 15) is 4.79 Å². The molecule has 0 amide bonds. The normalized spacial score (nSPS) is 17.7. The molecule has 0 bridgehead atoms. The fourth-order valence-electron chi connectivity index (χ4n) is 1.52. The number of aromatic nitrogens is 1. The molecule has 1 N–H and O–H groups in total. The van der Waals surface area contributed by atoms with E-state index in [1.807, 2.05) is 13.8 Å². The number of aromatic carboxylic acids is 1. The number of hydrogen-bond acceptors (Lipinski definition) is 3. The fourth-order valence-corrected chi connectivity index (χ4v) is 1.52. The highest BCUT2D eigenvalue weighted by Gasteiger charge is 2.33. The van der Waals surface area contributed by atoms with Gasteiger partial charge in [0.05, 0.1) is 5.69 Å². The average molecular weight is 209 g/mol. The zero-order valence-corrected chi connectivity index (χ0v) is 8.99. The Morgan fingerprint density at radius 1 is 1.67 bits per heavy atom. The van der Waals surface area contributed by atoms with Crippen LogP contribution in [-0.4, -0.2) is 16.1 Å². The van der Waals surface area contributed by atoms with Gasteiger partial charge in [0.1, 0.15) is 0 Å². The lowest BCUT2D eigenvalue weighted by Crippen LogP contribution is -1.98. The first kappa shape index (κ1) is 10.2. The van der Waals surface area contributed by atoms with Gasteiger partial charge >= 0.3 is 5.97 Å². The Bertz CT molecular complexity index is 379. The standard InChI is InChI=1S/C11H15NO3/c1-3-6(2)10-12-8(7-4-5-7)9(15-10)11(13)14/h6-7H,3-5H2,1-2H3,(H,13,14). The highest BCUT2D eigenvalue weighted by molar-refractivity contribution is 5.86. The van der Waals surface area contributed by atoms with Crippen LogP contribution in [0.2, 0.25) is 0 Å². The summed E-state index contributed by atoms with van der Waals surface area (Å²) >= 11 is 0. The molecule has 1 unspecified atom stereocenters. The van der Waals surface area contributed by atoms with E-state index >= 15 is 0 Å². The molecule has 1 fully saturated rings. The molecule has 1 aliphatic rings. The van der Waals surface area contributed by atoms with Crippen LogP contribution in [0.15, 0.2) is 4.42 Å². The van der Waals surface area contributed by atoms with Crippen molar-refractivity contribution < 1.29 is 14.3 Å². The van der Waals surface area contributed by atoms with E-state index in [0.717, 1.165) is 19.3 Å². The summed E-state index contributed by atoms with van der Waals surface area (Å²) in [7, 11) is 0. The summed E-state index contributed by atoms with van der Waals surface area (Å²) in [5.74, 6) is 0.122. The van der Waals surface area contributed by atoms with Gasteiger partial charge in [-0.1, -0.05) is 13.8 Å². The molecule has 0 spiro atoms. The van der Waals surface area contributed by atoms with Crippen molar-refractivity contribution in [2.75, 3.05) is 0 Å². The molecular formula is C11H15NO3. The summed E-state index contributed by atoms with van der Waals surface area (Å²) in [4.78, 5) is 15.3. The summed E-state index contributed by atoms with van der Waals surface area (Å²) in [6.45, 7) is 4.03. The maximum absolute atomic E-state index is 10.9. The van der Waals surface area contributed by atoms with Crippen molar-refractivity contribution in [3.8, 4) is 0 Å². The number of nitrogens with zero attached hydrogens (tertiary/aromatic N) is 1. The summed E-state index contributed by atoms with van der Waals surface area (Å²) in [5.41, 5.74) is 0.651. The molecule has 15 heavy (non-hydrogen) atoms. The molecule has 1 aliphatic carbocycles. The second-order valence-electron chi connectivity index (χ2n) is 4.16. The minimum absolute atomic E-state index is 0.0489. The molecule has 4 heteroatoms. The van der Waals surface area contributed by atoms with Crippen LogP contribution < -0.4 is 0 Å². The Labute approximate surface area is 88.3 Å². The SMILES string of the molecule is CCC(C)c1nc(C2CC2)c(C(=O)O)o1. The molecule has 0 aromatic carbocycles. The summed E-state index contributed by atoms with van der Waals surface area (Å²) < 4.78 is 5.32. The van der Waals surface area contributed by atoms with Crippen LogP contribution in [-0.2, 0) is 0 Å². The van der Waals surface area contributed by atoms with E-state index in [1.165, 1.54) is 0 Å². The average Bonchev–Trinajstić information content (AvgIpc) is 2.96. The van der Waals surface area contributed by atoms with Gasteiger partial charge in [0.15, 0.2) is 5.89 Å². The molecular weight excluding hydrogens is 194 g/mol. The summed E-state index contributed by atoms with van der Waals surface area (Å²) in [6.07, 6.45) is 2.98. The minimum Gasteiger partial charge on any atom is -0.475 e. The Balaban J connectivity index is 2.35. The minimum atomic E-state index is -1.00. The number of hydrogen-bond donors (Lipinski definition) is 1. The van der Waals surface area contributed by atoms with E-state index in [2.05, 4.69) is 4.98 Å². The van der Waals surface area contributed by atoms with Crippen molar-refractivity contribution in [3.05, 3.63) is 17.3 Å². The van der Waals surface area contributed by atoms with Gasteiger partial charge in [0, 0.05) is 11.8 Å². The second kappa shape index (κ2) is 3.68. The number of rotatable bonds is 4. The van der Waals surface area contributed by atoms with Crippen LogP contribution in [0, 0.1) is 0 Å². The van der Waals surface area contributed by atoms with Crippen molar-refractivity contribution in [1.29, 1.82) is 0 Å². The molecule has 1 heterocycles. The van der Waals surface area contributed by atoms with Gasteiger partial charge in [0.2, 0.25) is 5.76 Å². The van der Waals surface area contributed by atoms with E-state index < -0.39 is 5.97 Å². The van der Waals surface area contributed by atoms with Gasteiger partial charge in [-0.05, 0) is 19.3 Å². The topological polar surface area (TPSA) is 63.3 Å². The van der Waals surface area contributed by atoms with Crippen molar-refractivity contribution in [2.24, 2.45) is 0 Å². The molecule has 1 atom stereocenters. The summed E-state index contributed by atoms with van der Waals surface area (Å²) in [6, 6.07) is 0. The zero-order chi connectivity index (χ0) is 11.0. The van der Waals surface area contributed by atoms with Gasteiger partial charge in [-0.3, -0.25) is 0 Å². The predicted octanol–water partition coefficient (Wildman–Crippen LogP) is 2.76. The van der Waals surface area contributed by atoms with Gasteiger partial charge in [-0.15, -0.1) is 0 Å². The van der Waals surface area contributed by atoms with Crippen molar-refractivity contribution >= 4 is 5.97 Å². The monoisotopic (exact) mass is 209 g/mol. The highest BCUT2D eigenvalue weighted by Crippen LogP contribution is 2.42. The van der Waals surface area contributed by atoms with E-state index in [0.29, 0.717) is 17.5 Å². The Morgan fingerprint density at radius 3 is 2.80 bits per heavy atom. The molecule has 0 saturated heterocycles. The van der Waals surface area contributed by atoms with Gasteiger partial charge in [-0.2, -0.15) is 0 Å². The first-order valence-corrected chi connectivity index (χ1v) is 5.37. The third-order valence-electron chi connectivity index (χ3n) is 2.86. The molecule has 1 aromatic rings. The van der Waals surface area contributed by atoms with E-state index in [1.54, 1.807) is 0 Å². The van der Waals surface area contributed by atoms with E-state index in [-0.39, 0.29) is 11.7 Å². The maximum atomic E-state index is 10.9. The first-order valence-electron chi connectivity index (χ1n) is 5.37. The van der Waals surface area contributed by atoms with Crippen LogP contribution >= 0.6 is 0 Å². The maximum Gasteiger partial charge on any atom is 0.373 e. The highest BCUT2D eigenvalue weighted by atomic mass is 16.4. The lowest BCUT2D eigenvalue weighted by molar-refractivity contribution is 0.0658. The number of carboxylic acids is 1. The lowest BCUT2D eigenvalue weighted by Gasteiger charge is -2.00. The van der Waals surface area contributed by atoms with Crippen LogP contribution in [0.5, 0.6) is 0 Å². The van der Waals surface area contributed by atoms with Crippen LogP contribution in [0.1, 0.15) is 67.1 Å². The number of carboxylic acid groups (broad SMARTS) is 1. The van der Waals surface area contributed by atoms with Gasteiger partial charge in [-0.25, -0.2) is 9.78 Å². The zero-order valence-electron chi connectivity index (χ0n) is 8.99. The summed E-state index contributed by atoms with van der Waals surface area (Å²) in [5, 5.41) is 8.98. The quantitative estimate of drug-likeness (QED) is 0.828. The number of oxazole rings is 1. The third kappa shape index (κ3) is 1.89. The van der Waals surface area contributed by atoms with Crippen LogP contribution in [0.3, 0.4) is 0 Å². The molecule has 0 aliphatic heterocycles. The lowest BCUT2D eigenvalue weighted by atomic mass is 10.1. The van der Waals surface area contributed by atoms with E-state index in [4.69, 9.17) is 9.52 Å². The van der Waals surface area contributed by atoms with Gasteiger partial charge < -0.3 is 9.52 Å². The fraction of sp³-hybridized carbons (Fsp3) is 0.636. The molecule has 4 nitrogen and oxygen atoms in total. The Hall–Kier alpha value is -1.32. The van der Waals surface area contributed by atoms with Gasteiger partial charge in [0.25, 0.3) is 0 Å². The molecule has 0 radical (unpaired) electrons. The molecule has 82 valence electrons. The van der Waals surface area contributed by atoms with Crippen molar-refractivity contribution in [1.82, 2.24) is 4.98 Å². The Morgan fingerprint density at radius 2 is 2.33 bits per heavy atom. The molecule has 1 saturated carbocycles. The third-order valence-corrected chi connectivity index (χ3v) is 2.86. The molecule has 2 rings (SSSR count). The van der Waals surface area contributed by atoms with Crippen LogP contribution in [0.25, 0.3) is 0 Å².